The van der Waals surface area contributed by atoms with Crippen LogP contribution >= 0.6 is 24.0 Å². The van der Waals surface area contributed by atoms with Gasteiger partial charge in [0.15, 0.2) is 28.4 Å². The normalized spacial score (nSPS) is 10.8. The maximum Gasteiger partial charge on any atom is 0.339 e. The lowest BCUT2D eigenvalue weighted by Crippen LogP contribution is -2.32. The largest absolute Gasteiger partial charge is 0.872 e. The molecule has 9 aromatic rings. The van der Waals surface area contributed by atoms with Crippen molar-refractivity contribution >= 4 is 110 Å². The van der Waals surface area contributed by atoms with Crippen molar-refractivity contribution in [3.8, 4) is 17.2 Å². The first-order valence-electron chi connectivity index (χ1n) is 22.4. The third-order valence-corrected chi connectivity index (χ3v) is 12.3. The molecule has 6 aromatic carbocycles. The fourth-order valence-corrected chi connectivity index (χ4v) is 8.52. The fraction of sp³-hybridized carbons (Fsp3) is 0.109. The number of fused-ring (bicyclic) bond motifs is 3. The highest BCUT2D eigenvalue weighted by molar-refractivity contribution is 6.31. The van der Waals surface area contributed by atoms with Gasteiger partial charge in [-0.3, -0.25) is 4.79 Å². The zero-order valence-corrected chi connectivity index (χ0v) is 42.3. The van der Waals surface area contributed by atoms with E-state index in [9.17, 15) is 34.8 Å². The third kappa shape index (κ3) is 11.6. The number of hydrogen-bond donors (Lipinski definition) is 7. The van der Waals surface area contributed by atoms with Crippen molar-refractivity contribution in [2.24, 2.45) is 23.5 Å². The molecule has 0 saturated heterocycles. The molecule has 11 N–H and O–H groups in total. The number of carbonyl (C=O) groups excluding carboxylic acids is 1. The predicted octanol–water partition coefficient (Wildman–Crippen LogP) is 8.20. The van der Waals surface area contributed by atoms with Crippen molar-refractivity contribution in [3.63, 3.8) is 0 Å². The first-order chi connectivity index (χ1) is 34.7. The van der Waals surface area contributed by atoms with E-state index in [1.165, 1.54) is 57.1 Å². The molecule has 3 heterocycles. The van der Waals surface area contributed by atoms with Crippen LogP contribution in [0.2, 0.25) is 5.15 Å². The summed E-state index contributed by atoms with van der Waals surface area (Å²) in [7, 11) is 6.28. The predicted molar refractivity (Wildman–Crippen MR) is 293 cm³/mol. The summed E-state index contributed by atoms with van der Waals surface area (Å²) in [5.74, 6) is -5.21. The molecule has 0 aliphatic heterocycles. The number of aromatic nitrogens is 4. The Labute approximate surface area is 436 Å². The Hall–Kier alpha value is -9.19. The van der Waals surface area contributed by atoms with E-state index in [-0.39, 0.29) is 63.6 Å². The maximum absolute atomic E-state index is 12.9. The van der Waals surface area contributed by atoms with E-state index in [0.717, 1.165) is 0 Å². The van der Waals surface area contributed by atoms with Crippen LogP contribution in [0.4, 0.5) is 17.3 Å². The Morgan fingerprint density at radius 1 is 0.757 bits per heavy atom. The number of nitrogen functional groups attached to an aromatic ring is 2. The zero-order valence-electron chi connectivity index (χ0n) is 40.7. The number of aromatic hydroxyl groups is 1. The lowest BCUT2D eigenvalue weighted by atomic mass is 9.90. The van der Waals surface area contributed by atoms with Crippen LogP contribution in [0.15, 0.2) is 132 Å². The van der Waals surface area contributed by atoms with Crippen molar-refractivity contribution in [2.75, 3.05) is 30.5 Å². The first kappa shape index (κ1) is 54.1. The van der Waals surface area contributed by atoms with E-state index in [0.29, 0.717) is 21.5 Å². The molecular weight excluding hydrogens is 984 g/mol. The summed E-state index contributed by atoms with van der Waals surface area (Å²) in [4.78, 5) is 47.0. The highest BCUT2D eigenvalue weighted by atomic mass is 35.5. The molecule has 1 amide bonds. The van der Waals surface area contributed by atoms with Gasteiger partial charge in [-0.2, -0.15) is 9.56 Å². The van der Waals surface area contributed by atoms with Crippen LogP contribution in [-0.2, 0) is 13.5 Å². The van der Waals surface area contributed by atoms with Gasteiger partial charge in [-0.25, -0.2) is 19.6 Å². The Morgan fingerprint density at radius 3 is 1.96 bits per heavy atom. The second-order valence-electron chi connectivity index (χ2n) is 17.0. The number of benzene rings is 6. The van der Waals surface area contributed by atoms with E-state index in [4.69, 9.17) is 34.5 Å². The van der Waals surface area contributed by atoms with Gasteiger partial charge in [0.2, 0.25) is 11.2 Å². The number of carboxylic acid groups (broad SMARTS) is 2. The number of guanidine groups is 1. The summed E-state index contributed by atoms with van der Waals surface area (Å²) in [6, 6.07) is 40.3. The van der Waals surface area contributed by atoms with Crippen molar-refractivity contribution in [3.05, 3.63) is 183 Å². The molecule has 0 aliphatic rings. The number of halogens is 2. The quantitative estimate of drug-likeness (QED) is 0.0408. The molecule has 74 heavy (non-hydrogen) atoms. The van der Waals surface area contributed by atoms with Gasteiger partial charge in [0.25, 0.3) is 0 Å². The number of carbonyl (C=O) groups is 3. The Kier molecular flexibility index (Phi) is 16.8. The van der Waals surface area contributed by atoms with Crippen molar-refractivity contribution in [2.45, 2.75) is 20.3 Å². The molecular formula is C55H52Cl2N10O7. The number of hydrogen-bond acceptors (Lipinski definition) is 10. The second-order valence-corrected chi connectivity index (χ2v) is 17.3. The van der Waals surface area contributed by atoms with Crippen LogP contribution in [0.1, 0.15) is 65.0 Å². The number of aliphatic imine (C=N–C) groups is 1. The maximum atomic E-state index is 12.9. The number of aryl methyl sites for hydroxylation is 2. The molecule has 9 rings (SSSR count). The summed E-state index contributed by atoms with van der Waals surface area (Å²) in [5.41, 5.74) is 28.9. The van der Waals surface area contributed by atoms with Crippen LogP contribution < -0.4 is 37.5 Å². The van der Waals surface area contributed by atoms with Crippen molar-refractivity contribution in [1.82, 2.24) is 14.5 Å². The minimum absolute atomic E-state index is 0. The Morgan fingerprint density at radius 2 is 1.35 bits per heavy atom. The molecule has 0 radical (unpaired) electrons. The van der Waals surface area contributed by atoms with Gasteiger partial charge in [0.1, 0.15) is 18.4 Å². The molecule has 0 aliphatic carbocycles. The molecule has 378 valence electrons. The van der Waals surface area contributed by atoms with Gasteiger partial charge in [0, 0.05) is 72.4 Å². The standard InChI is InChI=1S/C26H28N3.C23H16O6.C6H8ClN7O.ClH/c1-19-17-21(20(2)29(19)24-9-7-6-8-10-24)11-13-23-14-12-22-18-25(27(3)4)15-16-26(22)28(23)5;24-20-16(14-7-3-1-5-12(14)9-18(20)22(26)27)11-17-15-8-4-2-6-13(15)10-19(21(17)25)23(28)29;7-2-4(9)13-3(8)1(12-2)5(15)14-6(10)11;/h6-18H,1-5H3;1-10,24-25H,11H2,(H,26,27)(H,28,29);(H4,8,9,13)(H4,10,11,14,15);1H/q+1;;;/p-1. The summed E-state index contributed by atoms with van der Waals surface area (Å²) in [6.45, 7) is 4.35. The van der Waals surface area contributed by atoms with Crippen LogP contribution in [0.5, 0.6) is 11.5 Å². The van der Waals surface area contributed by atoms with Gasteiger partial charge in [0.05, 0.1) is 5.56 Å². The smallest absolute Gasteiger partial charge is 0.339 e. The number of anilines is 3. The number of nitrogens with two attached hydrogens (primary N) is 4. The molecule has 0 spiro atoms. The van der Waals surface area contributed by atoms with Crippen LogP contribution in [0, 0.1) is 13.8 Å². The number of rotatable bonds is 9. The van der Waals surface area contributed by atoms with Crippen LogP contribution in [-0.4, -0.2) is 67.8 Å². The number of nitrogens with zero attached hydrogens (tertiary/aromatic N) is 6. The summed E-state index contributed by atoms with van der Waals surface area (Å²) in [5, 5.41) is 45.9. The van der Waals surface area contributed by atoms with Crippen molar-refractivity contribution in [1.29, 1.82) is 0 Å². The fourth-order valence-electron chi connectivity index (χ4n) is 8.40. The highest BCUT2D eigenvalue weighted by Crippen LogP contribution is 2.38. The molecule has 0 fully saturated rings. The highest BCUT2D eigenvalue weighted by Gasteiger charge is 2.21. The molecule has 0 unspecified atom stereocenters. The van der Waals surface area contributed by atoms with Gasteiger partial charge in [-0.1, -0.05) is 84.1 Å². The molecule has 0 atom stereocenters. The summed E-state index contributed by atoms with van der Waals surface area (Å²) < 4.78 is 4.56. The van der Waals surface area contributed by atoms with Gasteiger partial charge >= 0.3 is 17.8 Å². The lowest BCUT2D eigenvalue weighted by Gasteiger charge is -2.21. The third-order valence-electron chi connectivity index (χ3n) is 12.0. The Balaban J connectivity index is 0.000000189. The van der Waals surface area contributed by atoms with Gasteiger partial charge in [-0.05, 0) is 101 Å². The van der Waals surface area contributed by atoms with Gasteiger partial charge < -0.3 is 52.8 Å². The number of phenols is 1. The number of para-hydroxylation sites is 1. The molecule has 0 bridgehead atoms. The zero-order chi connectivity index (χ0) is 52.8. The van der Waals surface area contributed by atoms with E-state index >= 15 is 0 Å². The number of carboxylic acids is 2. The summed E-state index contributed by atoms with van der Waals surface area (Å²) >= 11 is 5.55. The second kappa shape index (κ2) is 22.9. The van der Waals surface area contributed by atoms with Crippen molar-refractivity contribution < 1.29 is 39.4 Å². The minimum atomic E-state index is -1.34. The first-order valence-corrected chi connectivity index (χ1v) is 22.8. The molecule has 0 saturated carbocycles. The average Bonchev–Trinajstić information content (AvgIpc) is 3.65. The molecule has 17 nitrogen and oxygen atoms in total. The molecule has 19 heteroatoms. The summed E-state index contributed by atoms with van der Waals surface area (Å²) in [6.07, 6.45) is 4.32. The molecule has 3 aromatic heterocycles. The number of pyridine rings is 1. The van der Waals surface area contributed by atoms with Crippen LogP contribution in [0.25, 0.3) is 50.3 Å². The SMILES string of the molecule is Cc1cc(C=Cc2ccc3cc(N(C)C)ccc3[n+]2C)c(C)n1-c1ccccc1.Cl.NC(N)=NC(=O)c1nc(Cl)c(N)nc1N.O=C(O)c1cc2ccccc2c(Cc2c(O)c(C(=O)O)cc3ccccc23)c1[O-]. The van der Waals surface area contributed by atoms with Gasteiger partial charge in [-0.15, -0.1) is 12.4 Å². The number of amides is 1. The van der Waals surface area contributed by atoms with Crippen LogP contribution in [0.3, 0.4) is 0 Å². The lowest BCUT2D eigenvalue weighted by molar-refractivity contribution is -0.646. The minimum Gasteiger partial charge on any atom is -0.872 e. The van der Waals surface area contributed by atoms with E-state index in [1.807, 2.05) is 0 Å². The van der Waals surface area contributed by atoms with E-state index < -0.39 is 35.3 Å². The Bertz CT molecular complexity index is 3590. The number of aromatic carboxylic acids is 2. The van der Waals surface area contributed by atoms with E-state index in [1.54, 1.807) is 48.5 Å². The average molecular weight is 1040 g/mol. The monoisotopic (exact) mass is 1030 g/mol. The van der Waals surface area contributed by atoms with E-state index in [2.05, 4.69) is 143 Å². The topological polar surface area (TPSA) is 289 Å².